The molecule has 0 spiro atoms. The van der Waals surface area contributed by atoms with Gasteiger partial charge in [0.1, 0.15) is 0 Å². The molecule has 0 aromatic carbocycles. The standard InChI is InChI=1S/C8H8F2O3/c1-12-6(11)4-5-2-3-13-7(5)8(9)10/h2-3,8H,4H2,1H3. The number of hydrogen-bond donors (Lipinski definition) is 0. The maximum Gasteiger partial charge on any atom is 0.310 e. The summed E-state index contributed by atoms with van der Waals surface area (Å²) < 4.78 is 33.2. The molecule has 0 amide bonds. The number of ether oxygens (including phenoxy) is 1. The van der Waals surface area contributed by atoms with E-state index >= 15 is 0 Å². The van der Waals surface area contributed by atoms with Gasteiger partial charge in [-0.3, -0.25) is 4.79 Å². The molecule has 13 heavy (non-hydrogen) atoms. The predicted molar refractivity (Wildman–Crippen MR) is 39.4 cm³/mol. The second-order valence-electron chi connectivity index (χ2n) is 2.36. The maximum absolute atomic E-state index is 12.2. The van der Waals surface area contributed by atoms with Gasteiger partial charge in [-0.15, -0.1) is 0 Å². The van der Waals surface area contributed by atoms with Gasteiger partial charge in [0.2, 0.25) is 0 Å². The van der Waals surface area contributed by atoms with Crippen LogP contribution in [0.2, 0.25) is 0 Å². The van der Waals surface area contributed by atoms with Gasteiger partial charge in [0.15, 0.2) is 5.76 Å². The molecule has 0 aliphatic rings. The lowest BCUT2D eigenvalue weighted by atomic mass is 10.2. The van der Waals surface area contributed by atoms with Crippen molar-refractivity contribution in [1.82, 2.24) is 0 Å². The largest absolute Gasteiger partial charge is 0.469 e. The number of esters is 1. The fourth-order valence-corrected chi connectivity index (χ4v) is 0.913. The molecule has 0 aliphatic carbocycles. The van der Waals surface area contributed by atoms with Crippen LogP contribution in [-0.4, -0.2) is 13.1 Å². The molecule has 1 aromatic heterocycles. The van der Waals surface area contributed by atoms with Crippen LogP contribution in [0.3, 0.4) is 0 Å². The van der Waals surface area contributed by atoms with E-state index in [0.29, 0.717) is 0 Å². The van der Waals surface area contributed by atoms with Gasteiger partial charge in [-0.05, 0) is 6.07 Å². The van der Waals surface area contributed by atoms with Gasteiger partial charge < -0.3 is 9.15 Å². The normalized spacial score (nSPS) is 10.5. The molecular weight excluding hydrogens is 182 g/mol. The Kier molecular flexibility index (Phi) is 3.00. The average Bonchev–Trinajstić information content (AvgIpc) is 2.52. The molecule has 0 aliphatic heterocycles. The van der Waals surface area contributed by atoms with E-state index in [1.54, 1.807) is 0 Å². The first-order valence-corrected chi connectivity index (χ1v) is 3.56. The second kappa shape index (κ2) is 4.02. The maximum atomic E-state index is 12.2. The number of carbonyl (C=O) groups excluding carboxylic acids is 1. The number of methoxy groups -OCH3 is 1. The Balaban J connectivity index is 2.76. The Hall–Kier alpha value is -1.39. The summed E-state index contributed by atoms with van der Waals surface area (Å²) in [5, 5.41) is 0. The highest BCUT2D eigenvalue weighted by Crippen LogP contribution is 2.24. The van der Waals surface area contributed by atoms with Crippen molar-refractivity contribution in [3.63, 3.8) is 0 Å². The van der Waals surface area contributed by atoms with Crippen LogP contribution in [0.25, 0.3) is 0 Å². The van der Waals surface area contributed by atoms with Crippen molar-refractivity contribution in [2.75, 3.05) is 7.11 Å². The van der Waals surface area contributed by atoms with E-state index in [2.05, 4.69) is 9.15 Å². The van der Waals surface area contributed by atoms with E-state index in [1.807, 2.05) is 0 Å². The number of halogens is 2. The number of rotatable bonds is 3. The minimum atomic E-state index is -2.70. The summed E-state index contributed by atoms with van der Waals surface area (Å²) in [6, 6.07) is 1.33. The van der Waals surface area contributed by atoms with Crippen LogP contribution in [0.4, 0.5) is 8.78 Å². The molecule has 0 atom stereocenters. The van der Waals surface area contributed by atoms with Gasteiger partial charge in [-0.2, -0.15) is 0 Å². The van der Waals surface area contributed by atoms with Gasteiger partial charge in [0.25, 0.3) is 6.43 Å². The molecule has 1 rings (SSSR count). The smallest absolute Gasteiger partial charge is 0.310 e. The Morgan fingerprint density at radius 3 is 2.92 bits per heavy atom. The Bertz CT molecular complexity index is 293. The summed E-state index contributed by atoms with van der Waals surface area (Å²) >= 11 is 0. The minimum Gasteiger partial charge on any atom is -0.469 e. The van der Waals surface area contributed by atoms with E-state index in [0.717, 1.165) is 6.26 Å². The van der Waals surface area contributed by atoms with Gasteiger partial charge >= 0.3 is 5.97 Å². The lowest BCUT2D eigenvalue weighted by Crippen LogP contribution is -2.05. The number of hydrogen-bond acceptors (Lipinski definition) is 3. The van der Waals surface area contributed by atoms with Gasteiger partial charge in [0, 0.05) is 5.56 Å². The van der Waals surface area contributed by atoms with Crippen molar-refractivity contribution in [2.45, 2.75) is 12.8 Å². The molecule has 0 saturated carbocycles. The first kappa shape index (κ1) is 9.70. The summed E-state index contributed by atoms with van der Waals surface area (Å²) in [6.07, 6.45) is -1.76. The molecule has 0 N–H and O–H groups in total. The summed E-state index contributed by atoms with van der Waals surface area (Å²) in [6.45, 7) is 0. The molecule has 5 heteroatoms. The molecule has 1 aromatic rings. The van der Waals surface area contributed by atoms with Gasteiger partial charge in [-0.1, -0.05) is 0 Å². The van der Waals surface area contributed by atoms with Crippen LogP contribution in [0.1, 0.15) is 17.7 Å². The third-order valence-electron chi connectivity index (χ3n) is 1.54. The van der Waals surface area contributed by atoms with Crippen molar-refractivity contribution in [2.24, 2.45) is 0 Å². The lowest BCUT2D eigenvalue weighted by Gasteiger charge is -1.99. The second-order valence-corrected chi connectivity index (χ2v) is 2.36. The summed E-state index contributed by atoms with van der Waals surface area (Å²) in [5.74, 6) is -1.03. The highest BCUT2D eigenvalue weighted by molar-refractivity contribution is 5.72. The summed E-state index contributed by atoms with van der Waals surface area (Å²) in [4.78, 5) is 10.7. The molecule has 72 valence electrons. The molecular formula is C8H8F2O3. The van der Waals surface area contributed by atoms with Crippen LogP contribution < -0.4 is 0 Å². The zero-order valence-electron chi connectivity index (χ0n) is 6.92. The predicted octanol–water partition coefficient (Wildman–Crippen LogP) is 1.93. The molecule has 3 nitrogen and oxygen atoms in total. The Morgan fingerprint density at radius 2 is 2.38 bits per heavy atom. The molecule has 0 radical (unpaired) electrons. The average molecular weight is 190 g/mol. The SMILES string of the molecule is COC(=O)Cc1ccoc1C(F)F. The highest BCUT2D eigenvalue weighted by Gasteiger charge is 2.18. The summed E-state index contributed by atoms with van der Waals surface area (Å²) in [5.41, 5.74) is 0.168. The van der Waals surface area contributed by atoms with E-state index in [1.165, 1.54) is 13.2 Å². The molecule has 0 bridgehead atoms. The van der Waals surface area contributed by atoms with Crippen LogP contribution in [0.15, 0.2) is 16.7 Å². The van der Waals surface area contributed by atoms with Crippen LogP contribution in [0, 0.1) is 0 Å². The Labute approximate surface area is 73.3 Å². The number of carbonyl (C=O) groups is 1. The van der Waals surface area contributed by atoms with Gasteiger partial charge in [-0.25, -0.2) is 8.78 Å². The van der Waals surface area contributed by atoms with Crippen molar-refractivity contribution in [3.05, 3.63) is 23.7 Å². The fourth-order valence-electron chi connectivity index (χ4n) is 0.913. The van der Waals surface area contributed by atoms with E-state index in [-0.39, 0.29) is 12.0 Å². The van der Waals surface area contributed by atoms with Crippen LogP contribution >= 0.6 is 0 Å². The molecule has 0 saturated heterocycles. The Morgan fingerprint density at radius 1 is 1.69 bits per heavy atom. The quantitative estimate of drug-likeness (QED) is 0.683. The third kappa shape index (κ3) is 2.27. The molecule has 1 heterocycles. The van der Waals surface area contributed by atoms with E-state index in [9.17, 15) is 13.6 Å². The molecule has 0 fully saturated rings. The number of alkyl halides is 2. The molecule has 0 unspecified atom stereocenters. The van der Waals surface area contributed by atoms with Crippen molar-refractivity contribution in [3.8, 4) is 0 Å². The first-order valence-electron chi connectivity index (χ1n) is 3.56. The summed E-state index contributed by atoms with van der Waals surface area (Å²) in [7, 11) is 1.20. The van der Waals surface area contributed by atoms with Gasteiger partial charge in [0.05, 0.1) is 19.8 Å². The van der Waals surface area contributed by atoms with Crippen LogP contribution in [-0.2, 0) is 16.0 Å². The van der Waals surface area contributed by atoms with E-state index < -0.39 is 18.2 Å². The topological polar surface area (TPSA) is 39.4 Å². The number of furan rings is 1. The minimum absolute atomic E-state index is 0.168. The third-order valence-corrected chi connectivity index (χ3v) is 1.54. The zero-order valence-corrected chi connectivity index (χ0v) is 6.92. The zero-order chi connectivity index (χ0) is 9.84. The van der Waals surface area contributed by atoms with E-state index in [4.69, 9.17) is 0 Å². The first-order chi connectivity index (χ1) is 6.15. The van der Waals surface area contributed by atoms with Crippen molar-refractivity contribution >= 4 is 5.97 Å². The van der Waals surface area contributed by atoms with Crippen molar-refractivity contribution < 1.29 is 22.7 Å². The van der Waals surface area contributed by atoms with Crippen LogP contribution in [0.5, 0.6) is 0 Å². The highest BCUT2D eigenvalue weighted by atomic mass is 19.3. The monoisotopic (exact) mass is 190 g/mol. The lowest BCUT2D eigenvalue weighted by molar-refractivity contribution is -0.139. The fraction of sp³-hybridized carbons (Fsp3) is 0.375. The van der Waals surface area contributed by atoms with Crippen molar-refractivity contribution in [1.29, 1.82) is 0 Å².